The molecule has 15 nitrogen and oxygen atoms in total. The minimum atomic E-state index is -0.721. The van der Waals surface area contributed by atoms with Crippen molar-refractivity contribution in [3.8, 4) is 0 Å². The second-order valence-electron chi connectivity index (χ2n) is 19.9. The van der Waals surface area contributed by atoms with Crippen molar-refractivity contribution in [2.75, 3.05) is 5.75 Å². The molecule has 1 aromatic rings. The lowest BCUT2D eigenvalue weighted by atomic mass is 9.77. The fourth-order valence-corrected chi connectivity index (χ4v) is 11.8. The minimum absolute atomic E-state index is 0.0109. The van der Waals surface area contributed by atoms with E-state index in [0.29, 0.717) is 54.8 Å². The molecule has 3 N–H and O–H groups in total. The van der Waals surface area contributed by atoms with Crippen LogP contribution in [0.2, 0.25) is 0 Å². The number of carbonyl (C=O) groups excluding carboxylic acids is 6. The number of allylic oxidation sites excluding steroid dienone is 2. The number of nitrogens with zero attached hydrogens (tertiary/aromatic N) is 3. The Morgan fingerprint density at radius 3 is 1.51 bits per heavy atom. The van der Waals surface area contributed by atoms with Gasteiger partial charge in [0, 0.05) is 28.9 Å². The molecule has 368 valence electrons. The summed E-state index contributed by atoms with van der Waals surface area (Å²) in [4.78, 5) is 74.7. The number of thioether (sulfide) groups is 1. The predicted octanol–water partition coefficient (Wildman–Crippen LogP) is 6.38. The summed E-state index contributed by atoms with van der Waals surface area (Å²) < 4.78 is 15.3. The van der Waals surface area contributed by atoms with E-state index < -0.39 is 36.1 Å². The second kappa shape index (κ2) is 22.6. The largest absolute Gasteiger partial charge is 0.411 e. The van der Waals surface area contributed by atoms with Crippen LogP contribution in [0, 0.1) is 53.3 Å². The van der Waals surface area contributed by atoms with Crippen LogP contribution in [-0.2, 0) is 49.4 Å². The SMILES string of the molecule is CC(C)C/C=C/C1=C(OC=O)N2C(=O)C(C(C)O)C2C1C.CC(C)CCSC1=C(OC=O)N2C(=O)C(C(C)O)C2C1C.CC(C)Cc1ccc(C2=C(OC=O)N3C(=O)C(C(C)O)C3C2C)cc1. The van der Waals surface area contributed by atoms with Crippen LogP contribution < -0.4 is 0 Å². The maximum Gasteiger partial charge on any atom is 0.299 e. The zero-order valence-corrected chi connectivity index (χ0v) is 41.8. The number of aliphatic hydroxyl groups excluding tert-OH is 3. The van der Waals surface area contributed by atoms with Crippen molar-refractivity contribution < 1.29 is 58.3 Å². The van der Waals surface area contributed by atoms with Crippen molar-refractivity contribution in [1.82, 2.24) is 14.7 Å². The van der Waals surface area contributed by atoms with Crippen molar-refractivity contribution in [2.45, 2.75) is 139 Å². The lowest BCUT2D eigenvalue weighted by Crippen LogP contribution is -2.63. The van der Waals surface area contributed by atoms with Gasteiger partial charge < -0.3 is 29.5 Å². The van der Waals surface area contributed by atoms with E-state index in [0.717, 1.165) is 46.6 Å². The number of amides is 3. The average molecular weight is 950 g/mol. The van der Waals surface area contributed by atoms with E-state index in [1.807, 2.05) is 45.1 Å². The first-order chi connectivity index (χ1) is 31.7. The van der Waals surface area contributed by atoms with Gasteiger partial charge in [-0.05, 0) is 74.7 Å². The minimum Gasteiger partial charge on any atom is -0.411 e. The summed E-state index contributed by atoms with van der Waals surface area (Å²) in [5, 5.41) is 29.5. The van der Waals surface area contributed by atoms with E-state index in [-0.39, 0.29) is 53.6 Å². The molecule has 6 aliphatic heterocycles. The van der Waals surface area contributed by atoms with Crippen LogP contribution in [0.5, 0.6) is 0 Å². The smallest absolute Gasteiger partial charge is 0.299 e. The first kappa shape index (κ1) is 53.2. The van der Waals surface area contributed by atoms with Crippen molar-refractivity contribution in [3.63, 3.8) is 0 Å². The van der Waals surface area contributed by atoms with Crippen LogP contribution in [0.25, 0.3) is 5.57 Å². The van der Waals surface area contributed by atoms with Gasteiger partial charge in [0.2, 0.25) is 35.4 Å². The van der Waals surface area contributed by atoms with E-state index in [1.165, 1.54) is 20.3 Å². The number of fused-ring (bicyclic) bond motifs is 3. The molecule has 0 spiro atoms. The molecule has 12 atom stereocenters. The lowest BCUT2D eigenvalue weighted by Gasteiger charge is -2.46. The first-order valence-corrected chi connectivity index (χ1v) is 24.6. The summed E-state index contributed by atoms with van der Waals surface area (Å²) >= 11 is 1.65. The van der Waals surface area contributed by atoms with E-state index in [9.17, 15) is 44.1 Å². The molecule has 12 unspecified atom stereocenters. The summed E-state index contributed by atoms with van der Waals surface area (Å²) in [6, 6.07) is 7.83. The molecule has 3 saturated heterocycles. The highest BCUT2D eigenvalue weighted by Crippen LogP contribution is 2.52. The molecule has 0 aliphatic carbocycles. The maximum atomic E-state index is 12.4. The number of ether oxygens (including phenoxy) is 3. The van der Waals surface area contributed by atoms with Gasteiger partial charge in [0.05, 0.1) is 59.1 Å². The van der Waals surface area contributed by atoms with Gasteiger partial charge >= 0.3 is 0 Å². The number of carbonyl (C=O) groups is 6. The number of benzene rings is 1. The number of aliphatic hydroxyl groups is 3. The third-order valence-electron chi connectivity index (χ3n) is 13.6. The summed E-state index contributed by atoms with van der Waals surface area (Å²) in [7, 11) is 0. The molecule has 6 heterocycles. The van der Waals surface area contributed by atoms with Gasteiger partial charge in [-0.3, -0.25) is 43.5 Å². The molecule has 0 aromatic heterocycles. The summed E-state index contributed by atoms with van der Waals surface area (Å²) in [6.07, 6.45) is 4.87. The summed E-state index contributed by atoms with van der Waals surface area (Å²) in [5.41, 5.74) is 3.90. The van der Waals surface area contributed by atoms with E-state index in [2.05, 4.69) is 53.7 Å². The van der Waals surface area contributed by atoms with Gasteiger partial charge in [-0.15, -0.1) is 11.8 Å². The molecule has 67 heavy (non-hydrogen) atoms. The molecule has 3 amide bonds. The van der Waals surface area contributed by atoms with Gasteiger partial charge in [0.15, 0.2) is 0 Å². The monoisotopic (exact) mass is 949 g/mol. The Hall–Kier alpha value is -4.77. The van der Waals surface area contributed by atoms with Crippen LogP contribution >= 0.6 is 11.8 Å². The van der Waals surface area contributed by atoms with E-state index in [1.54, 1.807) is 32.5 Å². The van der Waals surface area contributed by atoms with Crippen molar-refractivity contribution in [1.29, 1.82) is 0 Å². The van der Waals surface area contributed by atoms with Gasteiger partial charge in [-0.1, -0.05) is 98.7 Å². The van der Waals surface area contributed by atoms with Crippen molar-refractivity contribution in [3.05, 3.63) is 75.7 Å². The Kier molecular flexibility index (Phi) is 17.9. The fraction of sp³-hybridized carbons (Fsp3) is 0.608. The number of rotatable bonds is 19. The van der Waals surface area contributed by atoms with Crippen LogP contribution in [0.1, 0.15) is 107 Å². The Morgan fingerprint density at radius 2 is 1.04 bits per heavy atom. The van der Waals surface area contributed by atoms with Crippen molar-refractivity contribution >= 4 is 54.5 Å². The molecule has 0 saturated carbocycles. The highest BCUT2D eigenvalue weighted by atomic mass is 32.2. The quantitative estimate of drug-likeness (QED) is 0.0785. The molecule has 3 fully saturated rings. The highest BCUT2D eigenvalue weighted by molar-refractivity contribution is 8.03. The van der Waals surface area contributed by atoms with Gasteiger partial charge in [0.25, 0.3) is 19.4 Å². The van der Waals surface area contributed by atoms with Crippen LogP contribution in [0.3, 0.4) is 0 Å². The summed E-state index contributed by atoms with van der Waals surface area (Å²) in [5.74, 6) is 2.01. The van der Waals surface area contributed by atoms with Gasteiger partial charge in [-0.2, -0.15) is 0 Å². The first-order valence-electron chi connectivity index (χ1n) is 23.6. The number of hydrogen-bond donors (Lipinski definition) is 3. The van der Waals surface area contributed by atoms with Gasteiger partial charge in [0.1, 0.15) is 0 Å². The standard InChI is InChI=1S/C20H25NO4.C16H23NO4.C15H23NO4S/c1-11(2)9-14-5-7-15(8-6-14)16-12(3)18-17(13(4)23)19(24)21(18)20(16)25-10-22;1-9(2)6-5-7-12-10(3)14-13(11(4)19)15(20)17(14)16(12)21-8-18;1-8(2)5-6-21-13-9(3)12-11(10(4)18)14(19)16(12)15(13)20-7-17/h5-8,10-13,17-18,23H,9H2,1-4H3;5,7-11,13-14,19H,6H2,1-4H3;7-12,18H,5-6H2,1-4H3/b;7-5+;. The molecule has 7 rings (SSSR count). The lowest BCUT2D eigenvalue weighted by molar-refractivity contribution is -0.166. The Balaban J connectivity index is 0.000000189. The Bertz CT molecular complexity index is 2120. The number of β-lactam (4-membered cyclic amide) rings is 3. The fourth-order valence-electron chi connectivity index (χ4n) is 10.3. The molecule has 6 aliphatic rings. The van der Waals surface area contributed by atoms with Crippen LogP contribution in [0.4, 0.5) is 0 Å². The van der Waals surface area contributed by atoms with Crippen LogP contribution in [0.15, 0.2) is 64.5 Å². The second-order valence-corrected chi connectivity index (χ2v) is 21.0. The molecule has 16 heteroatoms. The molecule has 0 bridgehead atoms. The number of hydrogen-bond acceptors (Lipinski definition) is 13. The molecule has 0 radical (unpaired) electrons. The van der Waals surface area contributed by atoms with Crippen molar-refractivity contribution in [2.24, 2.45) is 53.3 Å². The predicted molar refractivity (Wildman–Crippen MR) is 253 cm³/mol. The van der Waals surface area contributed by atoms with E-state index >= 15 is 0 Å². The van der Waals surface area contributed by atoms with Crippen LogP contribution in [-0.4, -0.2) is 109 Å². The highest BCUT2D eigenvalue weighted by Gasteiger charge is 2.61. The zero-order valence-electron chi connectivity index (χ0n) is 41.0. The molecule has 1 aromatic carbocycles. The zero-order chi connectivity index (χ0) is 49.8. The van der Waals surface area contributed by atoms with Gasteiger partial charge in [-0.25, -0.2) is 0 Å². The van der Waals surface area contributed by atoms with E-state index in [4.69, 9.17) is 14.2 Å². The third-order valence-corrected chi connectivity index (χ3v) is 14.9. The third kappa shape index (κ3) is 10.6. The summed E-state index contributed by atoms with van der Waals surface area (Å²) in [6.45, 7) is 24.9. The molecular formula is C51H71N3O12S. The Labute approximate surface area is 399 Å². The average Bonchev–Trinajstić information content (AvgIpc) is 3.71. The maximum absolute atomic E-state index is 12.4. The molecular weight excluding hydrogens is 879 g/mol. The topological polar surface area (TPSA) is 201 Å². The normalized spacial score (nSPS) is 28.5. The Morgan fingerprint density at radius 1 is 0.597 bits per heavy atom.